The zero-order valence-corrected chi connectivity index (χ0v) is 15.3. The Bertz CT molecular complexity index is 1220. The van der Waals surface area contributed by atoms with Gasteiger partial charge >= 0.3 is 0 Å². The van der Waals surface area contributed by atoms with Crippen LogP contribution in [0.4, 0.5) is 0 Å². The maximum Gasteiger partial charge on any atom is 0.227 e. The van der Waals surface area contributed by atoms with Crippen LogP contribution in [0.1, 0.15) is 5.56 Å². The van der Waals surface area contributed by atoms with Crippen LogP contribution in [0.15, 0.2) is 108 Å². The highest BCUT2D eigenvalue weighted by Crippen LogP contribution is 2.28. The van der Waals surface area contributed by atoms with E-state index in [0.29, 0.717) is 5.89 Å². The molecular formula is C25H19N2O+. The van der Waals surface area contributed by atoms with E-state index in [-0.39, 0.29) is 0 Å². The van der Waals surface area contributed by atoms with Gasteiger partial charge in [0.25, 0.3) is 0 Å². The summed E-state index contributed by atoms with van der Waals surface area (Å²) in [6, 6.07) is 29.1. The second-order valence-electron chi connectivity index (χ2n) is 6.84. The Kier molecular flexibility index (Phi) is 4.19. The minimum absolute atomic E-state index is 0.634. The normalized spacial score (nSPS) is 11.0. The van der Waals surface area contributed by atoms with E-state index in [0.717, 1.165) is 23.4 Å². The molecule has 0 unspecified atom stereocenters. The molecule has 5 aromatic rings. The highest BCUT2D eigenvalue weighted by atomic mass is 16.4. The summed E-state index contributed by atoms with van der Waals surface area (Å²) in [5.41, 5.74) is 3.28. The predicted octanol–water partition coefficient (Wildman–Crippen LogP) is 5.50. The molecule has 0 saturated heterocycles. The Hall–Kier alpha value is -3.72. The number of hydrogen-bond donors (Lipinski definition) is 0. The van der Waals surface area contributed by atoms with Gasteiger partial charge in [0.1, 0.15) is 0 Å². The van der Waals surface area contributed by atoms with E-state index in [2.05, 4.69) is 76.5 Å². The van der Waals surface area contributed by atoms with Crippen molar-refractivity contribution in [1.29, 1.82) is 0 Å². The standard InChI is InChI=1S/C25H19N2O/c1-2-6-19(7-3-1)18-27-14-12-21(13-15-27)25-26-17-24(28-25)23-11-10-20-8-4-5-9-22(20)16-23/h1-17H,18H2/q+1. The van der Waals surface area contributed by atoms with Gasteiger partial charge in [-0.15, -0.1) is 0 Å². The molecule has 3 aromatic carbocycles. The lowest BCUT2D eigenvalue weighted by Gasteiger charge is -2.01. The summed E-state index contributed by atoms with van der Waals surface area (Å²) in [6.07, 6.45) is 5.91. The highest BCUT2D eigenvalue weighted by Gasteiger charge is 2.11. The van der Waals surface area contributed by atoms with Crippen molar-refractivity contribution in [3.05, 3.63) is 109 Å². The number of benzene rings is 3. The Morgan fingerprint density at radius 2 is 1.46 bits per heavy atom. The fourth-order valence-electron chi connectivity index (χ4n) is 3.38. The minimum Gasteiger partial charge on any atom is -0.436 e. The van der Waals surface area contributed by atoms with Crippen molar-refractivity contribution in [1.82, 2.24) is 4.98 Å². The molecule has 3 nitrogen and oxygen atoms in total. The molecule has 0 amide bonds. The molecule has 5 rings (SSSR count). The Balaban J connectivity index is 1.39. The summed E-state index contributed by atoms with van der Waals surface area (Å²) in [7, 11) is 0. The largest absolute Gasteiger partial charge is 0.436 e. The summed E-state index contributed by atoms with van der Waals surface area (Å²) in [5.74, 6) is 1.41. The van der Waals surface area contributed by atoms with Crippen LogP contribution in [-0.4, -0.2) is 4.98 Å². The van der Waals surface area contributed by atoms with Crippen molar-refractivity contribution in [2.45, 2.75) is 6.54 Å². The first-order valence-electron chi connectivity index (χ1n) is 9.33. The quantitative estimate of drug-likeness (QED) is 0.395. The van der Waals surface area contributed by atoms with E-state index in [9.17, 15) is 0 Å². The second-order valence-corrected chi connectivity index (χ2v) is 6.84. The molecular weight excluding hydrogens is 344 g/mol. The number of pyridine rings is 1. The van der Waals surface area contributed by atoms with Crippen LogP contribution in [0.3, 0.4) is 0 Å². The van der Waals surface area contributed by atoms with Crippen molar-refractivity contribution < 1.29 is 8.98 Å². The smallest absolute Gasteiger partial charge is 0.227 e. The third-order valence-electron chi connectivity index (χ3n) is 4.89. The molecule has 0 bridgehead atoms. The van der Waals surface area contributed by atoms with Crippen molar-refractivity contribution in [3.8, 4) is 22.8 Å². The first kappa shape index (κ1) is 16.5. The Morgan fingerprint density at radius 3 is 2.29 bits per heavy atom. The summed E-state index contributed by atoms with van der Waals surface area (Å²) in [5, 5.41) is 2.41. The van der Waals surface area contributed by atoms with E-state index in [1.54, 1.807) is 6.20 Å². The number of nitrogens with zero attached hydrogens (tertiary/aromatic N) is 2. The van der Waals surface area contributed by atoms with Crippen LogP contribution in [-0.2, 0) is 6.54 Å². The van der Waals surface area contributed by atoms with Gasteiger partial charge in [0.2, 0.25) is 5.89 Å². The van der Waals surface area contributed by atoms with Crippen LogP contribution < -0.4 is 4.57 Å². The minimum atomic E-state index is 0.634. The maximum atomic E-state index is 6.04. The van der Waals surface area contributed by atoms with Crippen LogP contribution in [0.5, 0.6) is 0 Å². The molecule has 3 heteroatoms. The number of oxazole rings is 1. The molecule has 2 heterocycles. The fraction of sp³-hybridized carbons (Fsp3) is 0.0400. The molecule has 0 saturated carbocycles. The Labute approximate surface area is 163 Å². The SMILES string of the molecule is c1ccc(C[n+]2ccc(-c3ncc(-c4ccc5ccccc5c4)o3)cc2)cc1. The lowest BCUT2D eigenvalue weighted by Crippen LogP contribution is -2.32. The number of hydrogen-bond acceptors (Lipinski definition) is 2. The molecule has 0 radical (unpaired) electrons. The van der Waals surface area contributed by atoms with E-state index in [4.69, 9.17) is 4.42 Å². The highest BCUT2D eigenvalue weighted by molar-refractivity contribution is 5.86. The third-order valence-corrected chi connectivity index (χ3v) is 4.89. The van der Waals surface area contributed by atoms with Gasteiger partial charge in [0, 0.05) is 28.8 Å². The molecule has 0 fully saturated rings. The molecule has 2 aromatic heterocycles. The maximum absolute atomic E-state index is 6.04. The summed E-state index contributed by atoms with van der Waals surface area (Å²) >= 11 is 0. The lowest BCUT2D eigenvalue weighted by molar-refractivity contribution is -0.688. The van der Waals surface area contributed by atoms with Gasteiger partial charge in [0.15, 0.2) is 24.7 Å². The average Bonchev–Trinajstić information content (AvgIpc) is 3.25. The van der Waals surface area contributed by atoms with Gasteiger partial charge < -0.3 is 4.42 Å². The zero-order chi connectivity index (χ0) is 18.8. The molecule has 28 heavy (non-hydrogen) atoms. The van der Waals surface area contributed by atoms with Gasteiger partial charge in [-0.05, 0) is 16.8 Å². The van der Waals surface area contributed by atoms with Gasteiger partial charge in [-0.2, -0.15) is 0 Å². The summed E-state index contributed by atoms with van der Waals surface area (Å²) in [6.45, 7) is 0.842. The Morgan fingerprint density at radius 1 is 0.714 bits per heavy atom. The first-order valence-corrected chi connectivity index (χ1v) is 9.33. The van der Waals surface area contributed by atoms with Gasteiger partial charge in [-0.3, -0.25) is 0 Å². The fourth-order valence-corrected chi connectivity index (χ4v) is 3.38. The second kappa shape index (κ2) is 7.12. The van der Waals surface area contributed by atoms with Crippen LogP contribution in [0.25, 0.3) is 33.6 Å². The topological polar surface area (TPSA) is 29.9 Å². The molecule has 0 aliphatic rings. The molecule has 0 atom stereocenters. The molecule has 0 spiro atoms. The average molecular weight is 363 g/mol. The van der Waals surface area contributed by atoms with Crippen molar-refractivity contribution in [2.24, 2.45) is 0 Å². The van der Waals surface area contributed by atoms with Crippen LogP contribution in [0, 0.1) is 0 Å². The zero-order valence-electron chi connectivity index (χ0n) is 15.3. The summed E-state index contributed by atoms with van der Waals surface area (Å²) in [4.78, 5) is 4.48. The van der Waals surface area contributed by atoms with Crippen LogP contribution in [0.2, 0.25) is 0 Å². The van der Waals surface area contributed by atoms with Crippen molar-refractivity contribution in [2.75, 3.05) is 0 Å². The van der Waals surface area contributed by atoms with Gasteiger partial charge in [-0.1, -0.05) is 66.7 Å². The summed E-state index contributed by atoms with van der Waals surface area (Å²) < 4.78 is 8.19. The molecule has 0 aliphatic heterocycles. The first-order chi connectivity index (χ1) is 13.8. The van der Waals surface area contributed by atoms with E-state index in [1.807, 2.05) is 30.3 Å². The number of aromatic nitrogens is 2. The molecule has 0 N–H and O–H groups in total. The molecule has 0 aliphatic carbocycles. The lowest BCUT2D eigenvalue weighted by atomic mass is 10.1. The monoisotopic (exact) mass is 363 g/mol. The van der Waals surface area contributed by atoms with Crippen molar-refractivity contribution in [3.63, 3.8) is 0 Å². The van der Waals surface area contributed by atoms with Crippen LogP contribution >= 0.6 is 0 Å². The van der Waals surface area contributed by atoms with E-state index < -0.39 is 0 Å². The number of rotatable bonds is 4. The van der Waals surface area contributed by atoms with Gasteiger partial charge in [0.05, 0.1) is 6.20 Å². The van der Waals surface area contributed by atoms with Crippen molar-refractivity contribution >= 4 is 10.8 Å². The van der Waals surface area contributed by atoms with Gasteiger partial charge in [-0.25, -0.2) is 9.55 Å². The van der Waals surface area contributed by atoms with E-state index >= 15 is 0 Å². The number of fused-ring (bicyclic) bond motifs is 1. The third kappa shape index (κ3) is 3.30. The molecule has 134 valence electrons. The van der Waals surface area contributed by atoms with E-state index in [1.165, 1.54) is 16.3 Å². The predicted molar refractivity (Wildman–Crippen MR) is 111 cm³/mol.